The molecule has 1 aromatic carbocycles. The molecule has 1 rings (SSSR count). The summed E-state index contributed by atoms with van der Waals surface area (Å²) >= 11 is 0. The zero-order valence-electron chi connectivity index (χ0n) is 11.8. The van der Waals surface area contributed by atoms with Gasteiger partial charge in [-0.05, 0) is 26.0 Å². The van der Waals surface area contributed by atoms with Crippen LogP contribution in [0.2, 0.25) is 0 Å². The predicted octanol–water partition coefficient (Wildman–Crippen LogP) is 1.27. The number of rotatable bonds is 6. The molecule has 114 valence electrons. The van der Waals surface area contributed by atoms with Gasteiger partial charge in [0.05, 0.1) is 13.2 Å². The molecule has 21 heavy (non-hydrogen) atoms. The van der Waals surface area contributed by atoms with Crippen LogP contribution in [0.15, 0.2) is 30.3 Å². The van der Waals surface area contributed by atoms with E-state index in [-0.39, 0.29) is 19.0 Å². The van der Waals surface area contributed by atoms with Crippen molar-refractivity contribution >= 4 is 18.0 Å². The van der Waals surface area contributed by atoms with Crippen LogP contribution >= 0.6 is 0 Å². The maximum atomic E-state index is 11.7. The van der Waals surface area contributed by atoms with E-state index in [2.05, 4.69) is 5.32 Å². The second kappa shape index (κ2) is 8.57. The minimum atomic E-state index is -1.55. The fraction of sp³-hybridized carbons (Fsp3) is 0.357. The van der Waals surface area contributed by atoms with Crippen molar-refractivity contribution in [2.24, 2.45) is 0 Å². The molecule has 0 aliphatic rings. The number of ether oxygens (including phenoxy) is 3. The van der Waals surface area contributed by atoms with Gasteiger partial charge in [0.25, 0.3) is 0 Å². The molecular weight excluding hydrogens is 278 g/mol. The van der Waals surface area contributed by atoms with Crippen molar-refractivity contribution in [2.75, 3.05) is 13.2 Å². The number of para-hydroxylation sites is 1. The van der Waals surface area contributed by atoms with E-state index in [4.69, 9.17) is 14.2 Å². The molecule has 1 N–H and O–H groups in total. The maximum absolute atomic E-state index is 11.7. The third-order valence-electron chi connectivity index (χ3n) is 2.26. The summed E-state index contributed by atoms with van der Waals surface area (Å²) in [5, 5.41) is 2.12. The smallest absolute Gasteiger partial charge is 0.413 e. The van der Waals surface area contributed by atoms with Crippen molar-refractivity contribution in [3.05, 3.63) is 30.3 Å². The van der Waals surface area contributed by atoms with Gasteiger partial charge >= 0.3 is 18.0 Å². The van der Waals surface area contributed by atoms with Crippen LogP contribution < -0.4 is 10.1 Å². The Morgan fingerprint density at radius 3 is 2.00 bits per heavy atom. The van der Waals surface area contributed by atoms with E-state index in [1.807, 2.05) is 0 Å². The molecule has 0 atom stereocenters. The van der Waals surface area contributed by atoms with Crippen molar-refractivity contribution in [1.29, 1.82) is 0 Å². The molecule has 0 unspecified atom stereocenters. The van der Waals surface area contributed by atoms with Crippen molar-refractivity contribution < 1.29 is 28.6 Å². The van der Waals surface area contributed by atoms with Crippen LogP contribution in [0.5, 0.6) is 5.75 Å². The standard InChI is InChI=1S/C14H17NO6/c1-3-19-12(16)11(13(17)20-4-2)15-14(18)21-10-8-6-5-7-9-10/h5-9,11H,3-4H2,1-2H3,(H,15,18). The Morgan fingerprint density at radius 2 is 1.52 bits per heavy atom. The zero-order chi connectivity index (χ0) is 15.7. The second-order valence-electron chi connectivity index (χ2n) is 3.78. The van der Waals surface area contributed by atoms with Crippen LogP contribution in [0, 0.1) is 0 Å². The summed E-state index contributed by atoms with van der Waals surface area (Å²) in [6.45, 7) is 3.32. The van der Waals surface area contributed by atoms with Gasteiger partial charge in [0, 0.05) is 0 Å². The second-order valence-corrected chi connectivity index (χ2v) is 3.78. The van der Waals surface area contributed by atoms with Crippen LogP contribution in [-0.2, 0) is 19.1 Å². The normalized spacial score (nSPS) is 9.86. The summed E-state index contributed by atoms with van der Waals surface area (Å²) in [4.78, 5) is 35.0. The van der Waals surface area contributed by atoms with E-state index in [0.717, 1.165) is 0 Å². The molecular formula is C14H17NO6. The highest BCUT2D eigenvalue weighted by molar-refractivity contribution is 6.01. The molecule has 0 bridgehead atoms. The average Bonchev–Trinajstić information content (AvgIpc) is 2.46. The first-order chi connectivity index (χ1) is 10.1. The first-order valence-electron chi connectivity index (χ1n) is 6.45. The van der Waals surface area contributed by atoms with E-state index in [0.29, 0.717) is 0 Å². The van der Waals surface area contributed by atoms with Gasteiger partial charge in [-0.1, -0.05) is 18.2 Å². The molecule has 0 fully saturated rings. The fourth-order valence-electron chi connectivity index (χ4n) is 1.41. The molecule has 7 heteroatoms. The minimum absolute atomic E-state index is 0.0736. The topological polar surface area (TPSA) is 90.9 Å². The molecule has 0 aromatic heterocycles. The zero-order valence-corrected chi connectivity index (χ0v) is 11.8. The molecule has 0 heterocycles. The van der Waals surface area contributed by atoms with Crippen LogP contribution in [0.25, 0.3) is 0 Å². The fourth-order valence-corrected chi connectivity index (χ4v) is 1.41. The number of hydrogen-bond acceptors (Lipinski definition) is 6. The van der Waals surface area contributed by atoms with E-state index in [9.17, 15) is 14.4 Å². The van der Waals surface area contributed by atoms with E-state index in [1.165, 1.54) is 0 Å². The van der Waals surface area contributed by atoms with Crippen molar-refractivity contribution in [2.45, 2.75) is 19.9 Å². The Morgan fingerprint density at radius 1 is 1.00 bits per heavy atom. The molecule has 0 saturated heterocycles. The Hall–Kier alpha value is -2.57. The van der Waals surface area contributed by atoms with Gasteiger partial charge in [0.15, 0.2) is 0 Å². The van der Waals surface area contributed by atoms with Gasteiger partial charge in [-0.2, -0.15) is 0 Å². The Bertz CT molecular complexity index is 469. The first-order valence-corrected chi connectivity index (χ1v) is 6.45. The van der Waals surface area contributed by atoms with E-state index >= 15 is 0 Å². The van der Waals surface area contributed by atoms with Crippen molar-refractivity contribution in [1.82, 2.24) is 5.32 Å². The lowest BCUT2D eigenvalue weighted by molar-refractivity contribution is -0.157. The lowest BCUT2D eigenvalue weighted by atomic mass is 10.3. The van der Waals surface area contributed by atoms with Gasteiger partial charge in [0.2, 0.25) is 6.04 Å². The minimum Gasteiger partial charge on any atom is -0.464 e. The predicted molar refractivity (Wildman–Crippen MR) is 72.7 cm³/mol. The van der Waals surface area contributed by atoms with E-state index < -0.39 is 24.1 Å². The molecule has 7 nitrogen and oxygen atoms in total. The van der Waals surface area contributed by atoms with Crippen LogP contribution in [0.4, 0.5) is 4.79 Å². The number of carbonyl (C=O) groups is 3. The highest BCUT2D eigenvalue weighted by Crippen LogP contribution is 2.08. The van der Waals surface area contributed by atoms with Gasteiger partial charge in [-0.25, -0.2) is 14.4 Å². The third-order valence-corrected chi connectivity index (χ3v) is 2.26. The number of nitrogens with one attached hydrogen (secondary N) is 1. The summed E-state index contributed by atoms with van der Waals surface area (Å²) in [7, 11) is 0. The average molecular weight is 295 g/mol. The number of carbonyl (C=O) groups excluding carboxylic acids is 3. The van der Waals surface area contributed by atoms with Gasteiger partial charge in [-0.3, -0.25) is 5.32 Å². The highest BCUT2D eigenvalue weighted by Gasteiger charge is 2.31. The van der Waals surface area contributed by atoms with Gasteiger partial charge in [0.1, 0.15) is 5.75 Å². The molecule has 0 radical (unpaired) electrons. The van der Waals surface area contributed by atoms with Crippen LogP contribution in [0.1, 0.15) is 13.8 Å². The Balaban J connectivity index is 2.69. The third kappa shape index (κ3) is 5.52. The number of hydrogen-bond donors (Lipinski definition) is 1. The largest absolute Gasteiger partial charge is 0.464 e. The Labute approximate surface area is 122 Å². The monoisotopic (exact) mass is 295 g/mol. The highest BCUT2D eigenvalue weighted by atomic mass is 16.6. The summed E-state index contributed by atoms with van der Waals surface area (Å²) in [6.07, 6.45) is -0.952. The summed E-state index contributed by atoms with van der Waals surface area (Å²) in [5.74, 6) is -1.52. The van der Waals surface area contributed by atoms with Gasteiger partial charge < -0.3 is 14.2 Å². The number of amides is 1. The summed E-state index contributed by atoms with van der Waals surface area (Å²) in [6, 6.07) is 6.67. The molecule has 0 spiro atoms. The molecule has 0 aliphatic carbocycles. The van der Waals surface area contributed by atoms with Crippen LogP contribution in [0.3, 0.4) is 0 Å². The van der Waals surface area contributed by atoms with Crippen molar-refractivity contribution in [3.63, 3.8) is 0 Å². The van der Waals surface area contributed by atoms with Gasteiger partial charge in [-0.15, -0.1) is 0 Å². The quantitative estimate of drug-likeness (QED) is 0.628. The lowest BCUT2D eigenvalue weighted by Crippen LogP contribution is -2.49. The summed E-state index contributed by atoms with van der Waals surface area (Å²) in [5.41, 5.74) is 0. The molecule has 0 saturated carbocycles. The molecule has 1 amide bonds. The summed E-state index contributed by atoms with van der Waals surface area (Å²) < 4.78 is 14.4. The number of esters is 2. The molecule has 0 aliphatic heterocycles. The number of benzene rings is 1. The van der Waals surface area contributed by atoms with Crippen molar-refractivity contribution in [3.8, 4) is 5.75 Å². The van der Waals surface area contributed by atoms with E-state index in [1.54, 1.807) is 44.2 Å². The molecule has 1 aromatic rings. The SMILES string of the molecule is CCOC(=O)C(NC(=O)Oc1ccccc1)C(=O)OCC. The lowest BCUT2D eigenvalue weighted by Gasteiger charge is -2.15. The Kier molecular flexibility index (Phi) is 6.73. The first kappa shape index (κ1) is 16.5. The van der Waals surface area contributed by atoms with Crippen LogP contribution in [-0.4, -0.2) is 37.3 Å². The maximum Gasteiger partial charge on any atom is 0.413 e.